The molecule has 3 rings (SSSR count). The average molecular weight is 417 g/mol. The first kappa shape index (κ1) is 22.7. The lowest BCUT2D eigenvalue weighted by Crippen LogP contribution is -2.18. The summed E-state index contributed by atoms with van der Waals surface area (Å²) < 4.78 is 0. The number of benzene rings is 2. The van der Waals surface area contributed by atoms with E-state index in [9.17, 15) is 4.79 Å². The smallest absolute Gasteiger partial charge is 0.255 e. The Kier molecular flexibility index (Phi) is 7.21. The van der Waals surface area contributed by atoms with Crippen LogP contribution in [0, 0.1) is 19.8 Å². The fourth-order valence-corrected chi connectivity index (χ4v) is 3.75. The summed E-state index contributed by atoms with van der Waals surface area (Å²) in [6.07, 6.45) is 0.827. The third-order valence-electron chi connectivity index (χ3n) is 5.40. The van der Waals surface area contributed by atoms with E-state index in [1.807, 2.05) is 62.4 Å². The standard InChI is InChI=1S/C26H32N4O/c1-16(2)13-23-22(15-28)24(20-11-7-19(14-27)8-12-20)25(18(4)29-23)30-26(31)21-9-5-17(3)6-10-21/h5-12,16H,13-15,27-28H2,1-4H3,(H,30,31). The molecule has 0 atom stereocenters. The van der Waals surface area contributed by atoms with Crippen LogP contribution in [0.2, 0.25) is 0 Å². The van der Waals surface area contributed by atoms with Crippen molar-refractivity contribution >= 4 is 11.6 Å². The summed E-state index contributed by atoms with van der Waals surface area (Å²) in [6, 6.07) is 15.6. The summed E-state index contributed by atoms with van der Waals surface area (Å²) in [5.41, 5.74) is 20.2. The van der Waals surface area contributed by atoms with E-state index in [1.54, 1.807) is 0 Å². The Morgan fingerprint density at radius 1 is 0.968 bits per heavy atom. The molecule has 31 heavy (non-hydrogen) atoms. The van der Waals surface area contributed by atoms with Crippen molar-refractivity contribution in [2.45, 2.75) is 47.2 Å². The van der Waals surface area contributed by atoms with E-state index < -0.39 is 0 Å². The Hall–Kier alpha value is -3.02. The van der Waals surface area contributed by atoms with Gasteiger partial charge in [0, 0.05) is 29.9 Å². The Labute approximate surface area is 184 Å². The van der Waals surface area contributed by atoms with Crippen LogP contribution in [0.4, 0.5) is 5.69 Å². The number of amides is 1. The molecular weight excluding hydrogens is 384 g/mol. The van der Waals surface area contributed by atoms with Crippen molar-refractivity contribution in [3.05, 3.63) is 82.2 Å². The van der Waals surface area contributed by atoms with Gasteiger partial charge in [0.05, 0.1) is 11.4 Å². The first-order chi connectivity index (χ1) is 14.8. The molecule has 0 saturated heterocycles. The molecule has 0 bridgehead atoms. The zero-order valence-corrected chi connectivity index (χ0v) is 18.8. The predicted molar refractivity (Wildman–Crippen MR) is 128 cm³/mol. The molecule has 0 fully saturated rings. The molecular formula is C26H32N4O. The molecule has 5 nitrogen and oxygen atoms in total. The second-order valence-electron chi connectivity index (χ2n) is 8.40. The van der Waals surface area contributed by atoms with Crippen LogP contribution >= 0.6 is 0 Å². The van der Waals surface area contributed by atoms with Gasteiger partial charge in [-0.15, -0.1) is 0 Å². The molecule has 3 aromatic rings. The fourth-order valence-electron chi connectivity index (χ4n) is 3.75. The normalized spacial score (nSPS) is 11.1. The number of anilines is 1. The summed E-state index contributed by atoms with van der Waals surface area (Å²) in [6.45, 7) is 9.10. The molecule has 2 aromatic carbocycles. The van der Waals surface area contributed by atoms with Crippen molar-refractivity contribution in [1.29, 1.82) is 0 Å². The number of hydrogen-bond donors (Lipinski definition) is 3. The molecule has 0 saturated carbocycles. The van der Waals surface area contributed by atoms with Crippen LogP contribution in [0.5, 0.6) is 0 Å². The van der Waals surface area contributed by atoms with Gasteiger partial charge < -0.3 is 16.8 Å². The van der Waals surface area contributed by atoms with Crippen molar-refractivity contribution in [2.24, 2.45) is 17.4 Å². The average Bonchev–Trinajstić information content (AvgIpc) is 2.75. The SMILES string of the molecule is Cc1ccc(C(=O)Nc2c(C)nc(CC(C)C)c(CN)c2-c2ccc(CN)cc2)cc1. The van der Waals surface area contributed by atoms with E-state index in [0.29, 0.717) is 30.3 Å². The van der Waals surface area contributed by atoms with Crippen molar-refractivity contribution in [3.8, 4) is 11.1 Å². The number of pyridine rings is 1. The molecule has 162 valence electrons. The summed E-state index contributed by atoms with van der Waals surface area (Å²) in [5.74, 6) is 0.280. The van der Waals surface area contributed by atoms with E-state index >= 15 is 0 Å². The lowest BCUT2D eigenvalue weighted by molar-refractivity contribution is 0.102. The number of carbonyl (C=O) groups excluding carboxylic acids is 1. The number of nitrogens with two attached hydrogens (primary N) is 2. The summed E-state index contributed by atoms with van der Waals surface area (Å²) in [5, 5.41) is 3.12. The van der Waals surface area contributed by atoms with Crippen LogP contribution in [0.3, 0.4) is 0 Å². The summed E-state index contributed by atoms with van der Waals surface area (Å²) in [7, 11) is 0. The Bertz CT molecular complexity index is 1050. The highest BCUT2D eigenvalue weighted by Gasteiger charge is 2.21. The van der Waals surface area contributed by atoms with E-state index in [1.165, 1.54) is 0 Å². The molecule has 1 amide bonds. The molecule has 0 aliphatic carbocycles. The number of carbonyl (C=O) groups is 1. The van der Waals surface area contributed by atoms with Gasteiger partial charge in [0.15, 0.2) is 0 Å². The Morgan fingerprint density at radius 3 is 2.16 bits per heavy atom. The highest BCUT2D eigenvalue weighted by Crippen LogP contribution is 2.36. The summed E-state index contributed by atoms with van der Waals surface area (Å²) >= 11 is 0. The van der Waals surface area contributed by atoms with E-state index in [2.05, 4.69) is 19.2 Å². The van der Waals surface area contributed by atoms with Crippen molar-refractivity contribution in [1.82, 2.24) is 4.98 Å². The van der Waals surface area contributed by atoms with Crippen LogP contribution in [0.25, 0.3) is 11.1 Å². The maximum absolute atomic E-state index is 13.0. The molecule has 1 heterocycles. The van der Waals surface area contributed by atoms with Gasteiger partial charge in [0.25, 0.3) is 5.91 Å². The van der Waals surface area contributed by atoms with Gasteiger partial charge in [-0.3, -0.25) is 9.78 Å². The maximum atomic E-state index is 13.0. The van der Waals surface area contributed by atoms with Gasteiger partial charge >= 0.3 is 0 Å². The molecule has 0 unspecified atom stereocenters. The van der Waals surface area contributed by atoms with Crippen molar-refractivity contribution in [3.63, 3.8) is 0 Å². The maximum Gasteiger partial charge on any atom is 0.255 e. The molecule has 0 spiro atoms. The molecule has 1 aromatic heterocycles. The lowest BCUT2D eigenvalue weighted by Gasteiger charge is -2.21. The van der Waals surface area contributed by atoms with Crippen molar-refractivity contribution in [2.75, 3.05) is 5.32 Å². The number of rotatable bonds is 7. The minimum atomic E-state index is -0.163. The molecule has 0 aliphatic heterocycles. The second kappa shape index (κ2) is 9.86. The van der Waals surface area contributed by atoms with Crippen LogP contribution in [-0.2, 0) is 19.5 Å². The predicted octanol–water partition coefficient (Wildman–Crippen LogP) is 4.73. The van der Waals surface area contributed by atoms with Gasteiger partial charge in [-0.1, -0.05) is 55.8 Å². The van der Waals surface area contributed by atoms with Crippen LogP contribution in [0.15, 0.2) is 48.5 Å². The van der Waals surface area contributed by atoms with E-state index in [4.69, 9.17) is 16.5 Å². The second-order valence-corrected chi connectivity index (χ2v) is 8.40. The van der Waals surface area contributed by atoms with E-state index in [0.717, 1.165) is 45.6 Å². The lowest BCUT2D eigenvalue weighted by atomic mass is 9.92. The molecule has 5 N–H and O–H groups in total. The quantitative estimate of drug-likeness (QED) is 0.519. The Morgan fingerprint density at radius 2 is 1.61 bits per heavy atom. The number of aromatic nitrogens is 1. The van der Waals surface area contributed by atoms with Crippen LogP contribution < -0.4 is 16.8 Å². The van der Waals surface area contributed by atoms with Gasteiger partial charge in [-0.05, 0) is 55.0 Å². The monoisotopic (exact) mass is 416 g/mol. The first-order valence-corrected chi connectivity index (χ1v) is 10.7. The minimum absolute atomic E-state index is 0.163. The van der Waals surface area contributed by atoms with Crippen LogP contribution in [0.1, 0.15) is 52.3 Å². The third-order valence-corrected chi connectivity index (χ3v) is 5.40. The summed E-state index contributed by atoms with van der Waals surface area (Å²) in [4.78, 5) is 17.9. The third kappa shape index (κ3) is 5.19. The van der Waals surface area contributed by atoms with Gasteiger partial charge in [0.2, 0.25) is 0 Å². The molecule has 0 aliphatic rings. The van der Waals surface area contributed by atoms with E-state index in [-0.39, 0.29) is 5.91 Å². The first-order valence-electron chi connectivity index (χ1n) is 10.7. The largest absolute Gasteiger partial charge is 0.326 e. The van der Waals surface area contributed by atoms with Crippen LogP contribution in [-0.4, -0.2) is 10.9 Å². The highest BCUT2D eigenvalue weighted by molar-refractivity contribution is 6.07. The number of aryl methyl sites for hydroxylation is 2. The van der Waals surface area contributed by atoms with Gasteiger partial charge in [0.1, 0.15) is 0 Å². The minimum Gasteiger partial charge on any atom is -0.326 e. The topological polar surface area (TPSA) is 94.0 Å². The highest BCUT2D eigenvalue weighted by atomic mass is 16.1. The number of nitrogens with one attached hydrogen (secondary N) is 1. The fraction of sp³-hybridized carbons (Fsp3) is 0.308. The molecule has 0 radical (unpaired) electrons. The van der Waals surface area contributed by atoms with Gasteiger partial charge in [-0.25, -0.2) is 0 Å². The molecule has 5 heteroatoms. The number of nitrogens with zero attached hydrogens (tertiary/aromatic N) is 1. The van der Waals surface area contributed by atoms with Gasteiger partial charge in [-0.2, -0.15) is 0 Å². The Balaban J connectivity index is 2.15. The zero-order chi connectivity index (χ0) is 22.5. The van der Waals surface area contributed by atoms with Crippen molar-refractivity contribution < 1.29 is 4.79 Å². The zero-order valence-electron chi connectivity index (χ0n) is 18.8. The number of hydrogen-bond acceptors (Lipinski definition) is 4.